The number of ether oxygens (including phenoxy) is 1. The van der Waals surface area contributed by atoms with Crippen molar-refractivity contribution in [3.63, 3.8) is 0 Å². The first-order valence-electron chi connectivity index (χ1n) is 11.0. The van der Waals surface area contributed by atoms with Crippen molar-refractivity contribution in [2.24, 2.45) is 0 Å². The van der Waals surface area contributed by atoms with Gasteiger partial charge in [-0.1, -0.05) is 19.9 Å². The quantitative estimate of drug-likeness (QED) is 0.517. The molecule has 0 saturated heterocycles. The summed E-state index contributed by atoms with van der Waals surface area (Å²) in [5.74, 6) is -0.754. The monoisotopic (exact) mass is 467 g/mol. The summed E-state index contributed by atoms with van der Waals surface area (Å²) in [6.07, 6.45) is -4.00. The van der Waals surface area contributed by atoms with Gasteiger partial charge in [0, 0.05) is 19.2 Å². The molecule has 0 aromatic heterocycles. The van der Waals surface area contributed by atoms with E-state index in [1.807, 2.05) is 52.8 Å². The van der Waals surface area contributed by atoms with E-state index in [-0.39, 0.29) is 17.1 Å². The molecule has 33 heavy (non-hydrogen) atoms. The molecule has 2 aromatic carbocycles. The van der Waals surface area contributed by atoms with E-state index in [2.05, 4.69) is 5.32 Å². The zero-order valence-corrected chi connectivity index (χ0v) is 20.9. The average Bonchev–Trinajstić information content (AvgIpc) is 2.75. The molecule has 5 nitrogen and oxygen atoms in total. The van der Waals surface area contributed by atoms with Crippen LogP contribution in [0.5, 0.6) is 5.75 Å². The van der Waals surface area contributed by atoms with Crippen LogP contribution in [0.4, 0.5) is 24.5 Å². The Hall–Kier alpha value is -2.74. The van der Waals surface area contributed by atoms with Crippen molar-refractivity contribution in [3.05, 3.63) is 52.6 Å². The van der Waals surface area contributed by atoms with Crippen LogP contribution in [0.1, 0.15) is 47.3 Å². The predicted molar refractivity (Wildman–Crippen MR) is 130 cm³/mol. The maximum absolute atomic E-state index is 14.0. The second kappa shape index (κ2) is 12.5. The van der Waals surface area contributed by atoms with Crippen molar-refractivity contribution < 1.29 is 22.7 Å². The number of methoxy groups -OCH3 is 1. The van der Waals surface area contributed by atoms with Crippen LogP contribution in [0.25, 0.3) is 0 Å². The molecule has 0 heterocycles. The van der Waals surface area contributed by atoms with Crippen LogP contribution in [0.15, 0.2) is 30.3 Å². The molecule has 1 N–H and O–H groups in total. The van der Waals surface area contributed by atoms with Gasteiger partial charge in [-0.3, -0.25) is 4.79 Å². The van der Waals surface area contributed by atoms with E-state index in [4.69, 9.17) is 4.74 Å². The van der Waals surface area contributed by atoms with E-state index in [0.29, 0.717) is 18.5 Å². The number of amides is 1. The SMILES string of the molecule is CC.COc1ccc(NC(=O)c2ccc(C)c(C)c2)c(N(C)CCCN(C)C)c1C(F)(F)F. The highest BCUT2D eigenvalue weighted by atomic mass is 19.4. The molecule has 0 fully saturated rings. The van der Waals surface area contributed by atoms with Gasteiger partial charge in [0.05, 0.1) is 18.5 Å². The standard InChI is InChI=1S/C23H30F3N3O2.C2H6/c1-15-8-9-17(14-16(15)2)22(30)27-18-10-11-19(31-6)20(23(24,25)26)21(18)29(5)13-7-12-28(3)4;1-2/h8-11,14H,7,12-13H2,1-6H3,(H,27,30);1-2H3. The van der Waals surface area contributed by atoms with Gasteiger partial charge < -0.3 is 19.9 Å². The van der Waals surface area contributed by atoms with Gasteiger partial charge in [0.2, 0.25) is 0 Å². The molecule has 0 bridgehead atoms. The predicted octanol–water partition coefficient (Wildman–Crippen LogP) is 6.00. The number of alkyl halides is 3. The lowest BCUT2D eigenvalue weighted by Crippen LogP contribution is -2.27. The molecule has 0 saturated carbocycles. The van der Waals surface area contributed by atoms with Crippen LogP contribution < -0.4 is 15.0 Å². The van der Waals surface area contributed by atoms with Gasteiger partial charge in [-0.15, -0.1) is 0 Å². The summed E-state index contributed by atoms with van der Waals surface area (Å²) in [4.78, 5) is 16.3. The molecule has 0 aliphatic heterocycles. The van der Waals surface area contributed by atoms with E-state index in [1.54, 1.807) is 19.2 Å². The summed E-state index contributed by atoms with van der Waals surface area (Å²) in [5, 5.41) is 2.67. The molecule has 2 rings (SSSR count). The topological polar surface area (TPSA) is 44.8 Å². The number of halogens is 3. The average molecular weight is 468 g/mol. The second-order valence-corrected chi connectivity index (χ2v) is 7.87. The Morgan fingerprint density at radius 2 is 1.64 bits per heavy atom. The minimum absolute atomic E-state index is 0.0868. The van der Waals surface area contributed by atoms with E-state index in [1.165, 1.54) is 24.1 Å². The van der Waals surface area contributed by atoms with Gasteiger partial charge in [0.15, 0.2) is 0 Å². The summed E-state index contributed by atoms with van der Waals surface area (Å²) in [5.41, 5.74) is 1.42. The maximum atomic E-state index is 14.0. The number of nitrogens with one attached hydrogen (secondary N) is 1. The summed E-state index contributed by atoms with van der Waals surface area (Å²) >= 11 is 0. The second-order valence-electron chi connectivity index (χ2n) is 7.87. The van der Waals surface area contributed by atoms with E-state index >= 15 is 0 Å². The van der Waals surface area contributed by atoms with E-state index in [9.17, 15) is 18.0 Å². The van der Waals surface area contributed by atoms with Crippen molar-refractivity contribution in [3.8, 4) is 5.75 Å². The third-order valence-electron chi connectivity index (χ3n) is 5.14. The van der Waals surface area contributed by atoms with E-state index in [0.717, 1.165) is 17.7 Å². The Balaban J connectivity index is 0.00000265. The number of anilines is 2. The lowest BCUT2D eigenvalue weighted by Gasteiger charge is -2.28. The molecule has 0 unspecified atom stereocenters. The molecule has 0 radical (unpaired) electrons. The van der Waals surface area contributed by atoms with Crippen LogP contribution in [-0.4, -0.2) is 52.1 Å². The van der Waals surface area contributed by atoms with Gasteiger partial charge in [0.25, 0.3) is 5.91 Å². The molecule has 1 amide bonds. The molecule has 0 aliphatic carbocycles. The fourth-order valence-corrected chi connectivity index (χ4v) is 3.33. The third-order valence-corrected chi connectivity index (χ3v) is 5.14. The van der Waals surface area contributed by atoms with Crippen LogP contribution in [0.3, 0.4) is 0 Å². The zero-order valence-electron chi connectivity index (χ0n) is 20.9. The lowest BCUT2D eigenvalue weighted by atomic mass is 10.0. The van der Waals surface area contributed by atoms with Crippen LogP contribution in [0, 0.1) is 13.8 Å². The largest absolute Gasteiger partial charge is 0.496 e. The molecular weight excluding hydrogens is 431 g/mol. The Kier molecular flexibility index (Phi) is 10.7. The van der Waals surface area contributed by atoms with Crippen molar-refractivity contribution in [1.29, 1.82) is 0 Å². The first-order valence-corrected chi connectivity index (χ1v) is 11.0. The van der Waals surface area contributed by atoms with Crippen molar-refractivity contribution in [2.75, 3.05) is 51.6 Å². The molecule has 8 heteroatoms. The maximum Gasteiger partial charge on any atom is 0.422 e. The Morgan fingerprint density at radius 1 is 1.00 bits per heavy atom. The highest BCUT2D eigenvalue weighted by molar-refractivity contribution is 6.06. The Morgan fingerprint density at radius 3 is 2.15 bits per heavy atom. The van der Waals surface area contributed by atoms with Gasteiger partial charge in [-0.05, 0) is 76.3 Å². The lowest BCUT2D eigenvalue weighted by molar-refractivity contribution is -0.138. The number of carbonyl (C=O) groups is 1. The number of hydrogen-bond donors (Lipinski definition) is 1. The first-order chi connectivity index (χ1) is 15.5. The molecule has 0 aliphatic rings. The highest BCUT2D eigenvalue weighted by Gasteiger charge is 2.39. The van der Waals surface area contributed by atoms with Crippen LogP contribution >= 0.6 is 0 Å². The normalized spacial score (nSPS) is 11.0. The zero-order chi connectivity index (χ0) is 25.3. The minimum atomic E-state index is -4.66. The van der Waals surface area contributed by atoms with Gasteiger partial charge in [0.1, 0.15) is 11.3 Å². The smallest absolute Gasteiger partial charge is 0.422 e. The summed E-state index contributed by atoms with van der Waals surface area (Å²) < 4.78 is 47.1. The van der Waals surface area contributed by atoms with Crippen molar-refractivity contribution in [1.82, 2.24) is 4.90 Å². The van der Waals surface area contributed by atoms with Crippen molar-refractivity contribution in [2.45, 2.75) is 40.3 Å². The summed E-state index contributed by atoms with van der Waals surface area (Å²) in [6.45, 7) is 8.91. The number of carbonyl (C=O) groups excluding carboxylic acids is 1. The number of nitrogens with zero attached hydrogens (tertiary/aromatic N) is 2. The van der Waals surface area contributed by atoms with Crippen molar-refractivity contribution >= 4 is 17.3 Å². The van der Waals surface area contributed by atoms with Crippen LogP contribution in [0.2, 0.25) is 0 Å². The van der Waals surface area contributed by atoms with Crippen LogP contribution in [-0.2, 0) is 6.18 Å². The fraction of sp³-hybridized carbons (Fsp3) is 0.480. The van der Waals surface area contributed by atoms with E-state index < -0.39 is 17.6 Å². The van der Waals surface area contributed by atoms with Gasteiger partial charge in [-0.25, -0.2) is 0 Å². The number of benzene rings is 2. The van der Waals surface area contributed by atoms with Gasteiger partial charge >= 0.3 is 6.18 Å². The summed E-state index contributed by atoms with van der Waals surface area (Å²) in [6, 6.07) is 7.88. The number of hydrogen-bond acceptors (Lipinski definition) is 4. The third kappa shape index (κ3) is 7.67. The number of rotatable bonds is 8. The highest BCUT2D eigenvalue weighted by Crippen LogP contribution is 2.46. The summed E-state index contributed by atoms with van der Waals surface area (Å²) in [7, 11) is 6.60. The first kappa shape index (κ1) is 28.3. The fourth-order valence-electron chi connectivity index (χ4n) is 3.33. The molecule has 184 valence electrons. The Bertz CT molecular complexity index is 928. The molecule has 2 aromatic rings. The minimum Gasteiger partial charge on any atom is -0.496 e. The Labute approximate surface area is 195 Å². The van der Waals surface area contributed by atoms with Gasteiger partial charge in [-0.2, -0.15) is 13.2 Å². The number of aryl methyl sites for hydroxylation is 2. The molecule has 0 atom stereocenters. The molecule has 0 spiro atoms. The molecular formula is C25H36F3N3O2.